The van der Waals surface area contributed by atoms with Crippen LogP contribution in [0, 0.1) is 0 Å². The van der Waals surface area contributed by atoms with Crippen LogP contribution in [0.1, 0.15) is 37.4 Å². The van der Waals surface area contributed by atoms with Gasteiger partial charge in [-0.2, -0.15) is 5.10 Å². The summed E-state index contributed by atoms with van der Waals surface area (Å²) in [5.41, 5.74) is 4.15. The molecule has 1 aromatic carbocycles. The van der Waals surface area contributed by atoms with Crippen molar-refractivity contribution in [3.05, 3.63) is 51.3 Å². The monoisotopic (exact) mass is 350 g/mol. The van der Waals surface area contributed by atoms with E-state index < -0.39 is 5.97 Å². The fourth-order valence-electron chi connectivity index (χ4n) is 3.08. The Bertz CT molecular complexity index is 809. The lowest BCUT2D eigenvalue weighted by molar-refractivity contribution is -0.132. The predicted octanol–water partition coefficient (Wildman–Crippen LogP) is 4.76. The van der Waals surface area contributed by atoms with Crippen molar-refractivity contribution in [2.75, 3.05) is 0 Å². The summed E-state index contributed by atoms with van der Waals surface area (Å²) in [6.07, 6.45) is 4.80. The molecule has 2 aromatic rings. The minimum atomic E-state index is -0.849. The lowest BCUT2D eigenvalue weighted by Gasteiger charge is -2.19. The van der Waals surface area contributed by atoms with Crippen molar-refractivity contribution >= 4 is 34.7 Å². The van der Waals surface area contributed by atoms with Gasteiger partial charge in [-0.25, -0.2) is 9.48 Å². The first-order valence-electron chi connectivity index (χ1n) is 7.51. The van der Waals surface area contributed by atoms with Gasteiger partial charge in [0.05, 0.1) is 27.6 Å². The normalized spacial score (nSPS) is 16.1. The summed E-state index contributed by atoms with van der Waals surface area (Å²) in [6, 6.07) is 5.37. The van der Waals surface area contributed by atoms with E-state index in [0.717, 1.165) is 41.8 Å². The summed E-state index contributed by atoms with van der Waals surface area (Å²) in [4.78, 5) is 11.5. The summed E-state index contributed by atoms with van der Waals surface area (Å²) in [6.45, 7) is 1.87. The molecule has 1 aromatic heterocycles. The number of carboxylic acids is 1. The summed E-state index contributed by atoms with van der Waals surface area (Å²) in [7, 11) is 0. The standard InChI is InChI=1S/C17H16Cl2N2O2/c1-2-11(17(22)23)12-4-3-5-16-13(12)9-20-21(16)10-6-7-14(18)15(19)8-10/h6-9H,2-5H2,1H3,(H,22,23). The highest BCUT2D eigenvalue weighted by atomic mass is 35.5. The lowest BCUT2D eigenvalue weighted by Crippen LogP contribution is -2.11. The van der Waals surface area contributed by atoms with Crippen molar-refractivity contribution in [2.24, 2.45) is 0 Å². The highest BCUT2D eigenvalue weighted by molar-refractivity contribution is 6.42. The molecule has 0 amide bonds. The first kappa shape index (κ1) is 16.1. The van der Waals surface area contributed by atoms with E-state index in [0.29, 0.717) is 22.0 Å². The van der Waals surface area contributed by atoms with E-state index in [2.05, 4.69) is 5.10 Å². The van der Waals surface area contributed by atoms with Gasteiger partial charge in [0.2, 0.25) is 0 Å². The second-order valence-electron chi connectivity index (χ2n) is 5.48. The van der Waals surface area contributed by atoms with E-state index in [1.165, 1.54) is 0 Å². The first-order valence-corrected chi connectivity index (χ1v) is 8.26. The van der Waals surface area contributed by atoms with Crippen LogP contribution in [0.15, 0.2) is 30.0 Å². The van der Waals surface area contributed by atoms with Crippen LogP contribution in [0.3, 0.4) is 0 Å². The highest BCUT2D eigenvalue weighted by Crippen LogP contribution is 2.35. The van der Waals surface area contributed by atoms with Gasteiger partial charge in [-0.1, -0.05) is 30.1 Å². The van der Waals surface area contributed by atoms with Gasteiger partial charge < -0.3 is 5.11 Å². The Hall–Kier alpha value is -1.78. The van der Waals surface area contributed by atoms with Gasteiger partial charge in [0, 0.05) is 11.1 Å². The van der Waals surface area contributed by atoms with Crippen molar-refractivity contribution < 1.29 is 9.90 Å². The quantitative estimate of drug-likeness (QED) is 0.811. The zero-order valence-corrected chi connectivity index (χ0v) is 14.2. The number of halogens is 2. The molecule has 0 atom stereocenters. The maximum Gasteiger partial charge on any atom is 0.331 e. The van der Waals surface area contributed by atoms with E-state index in [9.17, 15) is 9.90 Å². The molecule has 0 saturated heterocycles. The fourth-order valence-corrected chi connectivity index (χ4v) is 3.37. The molecule has 0 fully saturated rings. The zero-order chi connectivity index (χ0) is 16.6. The number of benzene rings is 1. The molecule has 0 aliphatic heterocycles. The Labute approximate surface area is 144 Å². The van der Waals surface area contributed by atoms with E-state index in [1.807, 2.05) is 17.7 Å². The third-order valence-corrected chi connectivity index (χ3v) is 4.90. The SMILES string of the molecule is CCC(C(=O)O)=C1CCCc2c1cnn2-c1ccc(Cl)c(Cl)c1. The predicted molar refractivity (Wildman–Crippen MR) is 91.4 cm³/mol. The minimum absolute atomic E-state index is 0.472. The van der Waals surface area contributed by atoms with Gasteiger partial charge in [0.1, 0.15) is 0 Å². The Morgan fingerprint density at radius 1 is 1.30 bits per heavy atom. The van der Waals surface area contributed by atoms with E-state index in [1.54, 1.807) is 18.3 Å². The topological polar surface area (TPSA) is 55.1 Å². The van der Waals surface area contributed by atoms with Crippen LogP contribution in [-0.2, 0) is 11.2 Å². The van der Waals surface area contributed by atoms with Gasteiger partial charge in [-0.05, 0) is 49.5 Å². The third kappa shape index (κ3) is 2.89. The second-order valence-corrected chi connectivity index (χ2v) is 6.30. The Balaban J connectivity index is 2.14. The molecule has 1 N–H and O–H groups in total. The van der Waals surface area contributed by atoms with Gasteiger partial charge in [0.25, 0.3) is 0 Å². The van der Waals surface area contributed by atoms with Gasteiger partial charge in [-0.15, -0.1) is 0 Å². The van der Waals surface area contributed by atoms with Crippen LogP contribution in [0.5, 0.6) is 0 Å². The molecule has 3 rings (SSSR count). The second kappa shape index (κ2) is 6.38. The lowest BCUT2D eigenvalue weighted by atomic mass is 9.88. The summed E-state index contributed by atoms with van der Waals surface area (Å²) >= 11 is 12.1. The van der Waals surface area contributed by atoms with Crippen molar-refractivity contribution in [3.8, 4) is 5.69 Å². The van der Waals surface area contributed by atoms with Crippen molar-refractivity contribution in [3.63, 3.8) is 0 Å². The number of fused-ring (bicyclic) bond motifs is 1. The number of rotatable bonds is 3. The molecular formula is C17H16Cl2N2O2. The Morgan fingerprint density at radius 2 is 2.09 bits per heavy atom. The van der Waals surface area contributed by atoms with Crippen LogP contribution in [0.2, 0.25) is 10.0 Å². The van der Waals surface area contributed by atoms with E-state index >= 15 is 0 Å². The van der Waals surface area contributed by atoms with E-state index in [-0.39, 0.29) is 0 Å². The van der Waals surface area contributed by atoms with Crippen LogP contribution in [0.4, 0.5) is 0 Å². The van der Waals surface area contributed by atoms with E-state index in [4.69, 9.17) is 23.2 Å². The number of aromatic nitrogens is 2. The number of hydrogen-bond donors (Lipinski definition) is 1. The summed E-state index contributed by atoms with van der Waals surface area (Å²) in [5, 5.41) is 14.8. The molecule has 0 spiro atoms. The number of allylic oxidation sites excluding steroid dienone is 1. The fraction of sp³-hybridized carbons (Fsp3) is 0.294. The molecule has 23 heavy (non-hydrogen) atoms. The molecule has 0 saturated carbocycles. The number of carbonyl (C=O) groups is 1. The summed E-state index contributed by atoms with van der Waals surface area (Å²) < 4.78 is 1.83. The average Bonchev–Trinajstić information content (AvgIpc) is 2.95. The summed E-state index contributed by atoms with van der Waals surface area (Å²) in [5.74, 6) is -0.849. The van der Waals surface area contributed by atoms with Crippen LogP contribution in [0.25, 0.3) is 11.3 Å². The largest absolute Gasteiger partial charge is 0.478 e. The Kier molecular flexibility index (Phi) is 4.46. The molecule has 1 aliphatic rings. The molecule has 0 unspecified atom stereocenters. The van der Waals surface area contributed by atoms with Crippen molar-refractivity contribution in [1.82, 2.24) is 9.78 Å². The molecule has 0 radical (unpaired) electrons. The van der Waals surface area contributed by atoms with Crippen molar-refractivity contribution in [2.45, 2.75) is 32.6 Å². The number of nitrogens with zero attached hydrogens (tertiary/aromatic N) is 2. The number of aliphatic carboxylic acids is 1. The number of hydrogen-bond acceptors (Lipinski definition) is 2. The van der Waals surface area contributed by atoms with Crippen LogP contribution < -0.4 is 0 Å². The van der Waals surface area contributed by atoms with Crippen LogP contribution >= 0.6 is 23.2 Å². The smallest absolute Gasteiger partial charge is 0.331 e. The molecule has 1 heterocycles. The van der Waals surface area contributed by atoms with Crippen LogP contribution in [-0.4, -0.2) is 20.9 Å². The first-order chi connectivity index (χ1) is 11.0. The molecule has 1 aliphatic carbocycles. The highest BCUT2D eigenvalue weighted by Gasteiger charge is 2.24. The molecule has 6 heteroatoms. The maximum atomic E-state index is 11.5. The molecule has 0 bridgehead atoms. The molecule has 4 nitrogen and oxygen atoms in total. The van der Waals surface area contributed by atoms with Gasteiger partial charge in [0.15, 0.2) is 0 Å². The minimum Gasteiger partial charge on any atom is -0.478 e. The molecular weight excluding hydrogens is 335 g/mol. The van der Waals surface area contributed by atoms with Gasteiger partial charge in [-0.3, -0.25) is 0 Å². The molecule has 120 valence electrons. The average molecular weight is 351 g/mol. The Morgan fingerprint density at radius 3 is 2.74 bits per heavy atom. The van der Waals surface area contributed by atoms with Gasteiger partial charge >= 0.3 is 5.97 Å². The number of carboxylic acid groups (broad SMARTS) is 1. The zero-order valence-electron chi connectivity index (χ0n) is 12.6. The maximum absolute atomic E-state index is 11.5. The third-order valence-electron chi connectivity index (χ3n) is 4.16. The van der Waals surface area contributed by atoms with Crippen molar-refractivity contribution in [1.29, 1.82) is 0 Å².